The van der Waals surface area contributed by atoms with Gasteiger partial charge in [0.2, 0.25) is 0 Å². The fourth-order valence-corrected chi connectivity index (χ4v) is 4.26. The van der Waals surface area contributed by atoms with Crippen LogP contribution in [0.15, 0.2) is 59.4 Å². The lowest BCUT2D eigenvalue weighted by molar-refractivity contribution is 0.577. The number of hydrogen-bond donors (Lipinski definition) is 0. The predicted octanol–water partition coefficient (Wildman–Crippen LogP) is 10.8. The van der Waals surface area contributed by atoms with E-state index in [4.69, 9.17) is 0 Å². The van der Waals surface area contributed by atoms with E-state index >= 15 is 0 Å². The molecule has 0 N–H and O–H groups in total. The van der Waals surface area contributed by atoms with E-state index in [9.17, 15) is 9.81 Å². The molecule has 0 aliphatic heterocycles. The molecule has 0 atom stereocenters. The quantitative estimate of drug-likeness (QED) is 0.0807. The maximum Gasteiger partial charge on any atom is 0.0924 e. The van der Waals surface area contributed by atoms with Gasteiger partial charge in [-0.15, -0.1) is 9.81 Å². The van der Waals surface area contributed by atoms with Crippen LogP contribution >= 0.6 is 0 Å². The highest BCUT2D eigenvalue weighted by Gasteiger charge is 2.07. The van der Waals surface area contributed by atoms with Crippen LogP contribution in [0.5, 0.6) is 0 Å². The van der Waals surface area contributed by atoms with E-state index < -0.39 is 0 Å². The van der Waals surface area contributed by atoms with Gasteiger partial charge in [-0.1, -0.05) is 121 Å². The van der Waals surface area contributed by atoms with Crippen molar-refractivity contribution < 1.29 is 0 Å². The molecule has 0 radical (unpaired) electrons. The first-order valence-electron chi connectivity index (χ1n) is 14.4. The normalized spacial score (nSPS) is 11.4. The minimum atomic E-state index is 0.356. The standard InChI is InChI=1S/C30H50N4O2/c1-3-5-7-9-11-13-15-17-19-21-27-33(28-22-20-18-16-14-12-10-8-6-4-2)29-23-25-30(26-24-29)34(31-35)32-36/h21-28H,3-20H2,1-2H3. The molecule has 0 bridgehead atoms. The molecule has 0 aliphatic rings. The van der Waals surface area contributed by atoms with Crippen molar-refractivity contribution in [1.82, 2.24) is 0 Å². The monoisotopic (exact) mass is 498 g/mol. The summed E-state index contributed by atoms with van der Waals surface area (Å²) in [5.41, 5.74) is 1.32. The highest BCUT2D eigenvalue weighted by Crippen LogP contribution is 2.23. The lowest BCUT2D eigenvalue weighted by atomic mass is 10.1. The average molecular weight is 499 g/mol. The number of rotatable bonds is 24. The van der Waals surface area contributed by atoms with Crippen molar-refractivity contribution in [3.8, 4) is 0 Å². The minimum Gasteiger partial charge on any atom is -0.325 e. The van der Waals surface area contributed by atoms with E-state index in [0.29, 0.717) is 10.8 Å². The van der Waals surface area contributed by atoms with Gasteiger partial charge in [0.05, 0.1) is 16.3 Å². The summed E-state index contributed by atoms with van der Waals surface area (Å²) in [5.74, 6) is 0. The fourth-order valence-electron chi connectivity index (χ4n) is 4.26. The Hall–Kier alpha value is -2.50. The zero-order chi connectivity index (χ0) is 26.1. The number of nitrogens with zero attached hydrogens (tertiary/aromatic N) is 4. The number of unbranched alkanes of at least 4 members (excludes halogenated alkanes) is 16. The topological polar surface area (TPSA) is 65.3 Å². The third-order valence-corrected chi connectivity index (χ3v) is 6.51. The van der Waals surface area contributed by atoms with Crippen LogP contribution in [-0.2, 0) is 0 Å². The van der Waals surface area contributed by atoms with Crippen molar-refractivity contribution in [2.24, 2.45) is 10.6 Å². The second-order valence-corrected chi connectivity index (χ2v) is 9.67. The molecular weight excluding hydrogens is 448 g/mol. The van der Waals surface area contributed by atoms with Crippen molar-refractivity contribution >= 4 is 11.4 Å². The zero-order valence-electron chi connectivity index (χ0n) is 23.0. The number of anilines is 2. The van der Waals surface area contributed by atoms with E-state index in [1.807, 2.05) is 12.1 Å². The van der Waals surface area contributed by atoms with Gasteiger partial charge in [0.15, 0.2) is 0 Å². The van der Waals surface area contributed by atoms with Crippen molar-refractivity contribution in [3.63, 3.8) is 0 Å². The summed E-state index contributed by atoms with van der Waals surface area (Å²) in [4.78, 5) is 23.6. The Kier molecular flexibility index (Phi) is 20.1. The highest BCUT2D eigenvalue weighted by atomic mass is 16.4. The van der Waals surface area contributed by atoms with Crippen LogP contribution in [0.1, 0.15) is 129 Å². The highest BCUT2D eigenvalue weighted by molar-refractivity contribution is 5.58. The first-order valence-corrected chi connectivity index (χ1v) is 14.4. The minimum absolute atomic E-state index is 0.356. The maximum absolute atomic E-state index is 10.7. The van der Waals surface area contributed by atoms with Gasteiger partial charge in [-0.25, -0.2) is 0 Å². The molecule has 6 heteroatoms. The van der Waals surface area contributed by atoms with Gasteiger partial charge >= 0.3 is 0 Å². The zero-order valence-corrected chi connectivity index (χ0v) is 23.0. The summed E-state index contributed by atoms with van der Waals surface area (Å²) in [6.45, 7) is 4.52. The molecule has 202 valence electrons. The average Bonchev–Trinajstić information content (AvgIpc) is 2.90. The van der Waals surface area contributed by atoms with Crippen LogP contribution in [0.4, 0.5) is 11.4 Å². The van der Waals surface area contributed by atoms with Crippen LogP contribution in [0.3, 0.4) is 0 Å². The summed E-state index contributed by atoms with van der Waals surface area (Å²) in [6.07, 6.45) is 32.0. The van der Waals surface area contributed by atoms with Crippen LogP contribution in [0.2, 0.25) is 0 Å². The van der Waals surface area contributed by atoms with Gasteiger partial charge in [0.25, 0.3) is 0 Å². The van der Waals surface area contributed by atoms with E-state index in [0.717, 1.165) is 18.5 Å². The molecule has 0 heterocycles. The van der Waals surface area contributed by atoms with E-state index in [2.05, 4.69) is 53.9 Å². The summed E-state index contributed by atoms with van der Waals surface area (Å²) in [5, 5.41) is 5.80. The molecule has 0 unspecified atom stereocenters. The van der Waals surface area contributed by atoms with Crippen LogP contribution < -0.4 is 10.0 Å². The Morgan fingerprint density at radius 2 is 0.917 bits per heavy atom. The molecule has 0 spiro atoms. The largest absolute Gasteiger partial charge is 0.325 e. The second-order valence-electron chi connectivity index (χ2n) is 9.67. The second kappa shape index (κ2) is 22.9. The van der Waals surface area contributed by atoms with Gasteiger partial charge in [0, 0.05) is 18.1 Å². The van der Waals surface area contributed by atoms with Gasteiger partial charge in [-0.05, 0) is 49.9 Å². The SMILES string of the molecule is CCCCCCCCCCC=CN(C=CCCCCCCCCCC)c1ccc(N(N=O)N=O)cc1. The molecule has 0 amide bonds. The summed E-state index contributed by atoms with van der Waals surface area (Å²) in [6, 6.07) is 7.12. The van der Waals surface area contributed by atoms with Crippen molar-refractivity contribution in [2.75, 3.05) is 10.0 Å². The van der Waals surface area contributed by atoms with E-state index in [1.54, 1.807) is 12.1 Å². The third-order valence-electron chi connectivity index (χ3n) is 6.51. The van der Waals surface area contributed by atoms with Gasteiger partial charge in [-0.2, -0.15) is 0 Å². The van der Waals surface area contributed by atoms with Crippen molar-refractivity contribution in [2.45, 2.75) is 129 Å². The van der Waals surface area contributed by atoms with Crippen molar-refractivity contribution in [1.29, 1.82) is 0 Å². The molecule has 0 saturated carbocycles. The summed E-state index contributed by atoms with van der Waals surface area (Å²) < 4.78 is 0. The Morgan fingerprint density at radius 3 is 1.31 bits per heavy atom. The van der Waals surface area contributed by atoms with Crippen LogP contribution in [0.25, 0.3) is 0 Å². The molecule has 0 aliphatic carbocycles. The molecule has 0 aromatic heterocycles. The van der Waals surface area contributed by atoms with Gasteiger partial charge in [0.1, 0.15) is 0 Å². The molecule has 1 aromatic rings. The molecule has 36 heavy (non-hydrogen) atoms. The maximum atomic E-state index is 10.7. The van der Waals surface area contributed by atoms with Gasteiger partial charge < -0.3 is 4.90 Å². The van der Waals surface area contributed by atoms with Crippen LogP contribution in [0, 0.1) is 9.81 Å². The van der Waals surface area contributed by atoms with E-state index in [-0.39, 0.29) is 0 Å². The summed E-state index contributed by atoms with van der Waals surface area (Å²) >= 11 is 0. The molecular formula is C30H50N4O2. The Balaban J connectivity index is 2.52. The molecule has 0 fully saturated rings. The predicted molar refractivity (Wildman–Crippen MR) is 156 cm³/mol. The Labute approximate surface area is 220 Å². The van der Waals surface area contributed by atoms with Crippen molar-refractivity contribution in [3.05, 3.63) is 58.6 Å². The number of nitroso groups, excluding NO2 is 2. The Bertz CT molecular complexity index is 680. The lowest BCUT2D eigenvalue weighted by Crippen LogP contribution is -2.08. The molecule has 0 saturated heterocycles. The molecule has 1 aromatic carbocycles. The van der Waals surface area contributed by atoms with E-state index in [1.165, 1.54) is 103 Å². The molecule has 1 rings (SSSR count). The number of hydrogen-bond acceptors (Lipinski definition) is 5. The lowest BCUT2D eigenvalue weighted by Gasteiger charge is -2.17. The first kappa shape index (κ1) is 31.5. The number of benzene rings is 1. The first-order chi connectivity index (χ1) is 17.8. The number of allylic oxidation sites excluding steroid dienone is 2. The fraction of sp³-hybridized carbons (Fsp3) is 0.667. The van der Waals surface area contributed by atoms with Gasteiger partial charge in [-0.3, -0.25) is 0 Å². The summed E-state index contributed by atoms with van der Waals surface area (Å²) in [7, 11) is 0. The van der Waals surface area contributed by atoms with Crippen LogP contribution in [-0.4, -0.2) is 0 Å². The Morgan fingerprint density at radius 1 is 0.556 bits per heavy atom. The molecule has 6 nitrogen and oxygen atoms in total. The third kappa shape index (κ3) is 15.5. The smallest absolute Gasteiger partial charge is 0.0924 e.